The van der Waals surface area contributed by atoms with E-state index in [4.69, 9.17) is 5.11 Å². The predicted octanol–water partition coefficient (Wildman–Crippen LogP) is 5.71. The molecule has 0 heterocycles. The summed E-state index contributed by atoms with van der Waals surface area (Å²) in [5.41, 5.74) is 0.531. The van der Waals surface area contributed by atoms with Gasteiger partial charge in [0.25, 0.3) is 0 Å². The second-order valence-electron chi connectivity index (χ2n) is 12.4. The first-order valence-corrected chi connectivity index (χ1v) is 13.0. The molecule has 176 valence electrons. The van der Waals surface area contributed by atoms with Crippen LogP contribution >= 0.6 is 0 Å². The number of Topliss-reactive ketones (excluding diaryl/α,β-unsaturated/α-hetero) is 1. The molecule has 4 nitrogen and oxygen atoms in total. The third-order valence-corrected chi connectivity index (χ3v) is 11.0. The van der Waals surface area contributed by atoms with Crippen LogP contribution in [0.1, 0.15) is 98.3 Å². The Labute approximate surface area is 188 Å². The van der Waals surface area contributed by atoms with E-state index in [9.17, 15) is 14.7 Å². The van der Waals surface area contributed by atoms with Crippen LogP contribution in [0.25, 0.3) is 0 Å². The van der Waals surface area contributed by atoms with Crippen molar-refractivity contribution >= 4 is 11.8 Å². The van der Waals surface area contributed by atoms with E-state index in [-0.39, 0.29) is 17.4 Å². The van der Waals surface area contributed by atoms with Gasteiger partial charge in [-0.3, -0.25) is 9.59 Å². The van der Waals surface area contributed by atoms with E-state index in [0.717, 1.165) is 38.5 Å². The summed E-state index contributed by atoms with van der Waals surface area (Å²) in [4.78, 5) is 23.3. The van der Waals surface area contributed by atoms with Gasteiger partial charge in [-0.05, 0) is 91.3 Å². The molecule has 2 N–H and O–H groups in total. The lowest BCUT2D eigenvalue weighted by Gasteiger charge is -2.62. The Balaban J connectivity index is 1.46. The largest absolute Gasteiger partial charge is 0.481 e. The number of aliphatic hydroxyl groups is 1. The molecular formula is C27H44O4. The number of aliphatic hydroxyl groups excluding tert-OH is 1. The lowest BCUT2D eigenvalue weighted by atomic mass is 9.44. The fraction of sp³-hybridized carbons (Fsp3) is 0.926. The molecule has 0 aromatic carbocycles. The lowest BCUT2D eigenvalue weighted by molar-refractivity contribution is -0.168. The van der Waals surface area contributed by atoms with Crippen molar-refractivity contribution in [2.75, 3.05) is 0 Å². The number of ketones is 1. The van der Waals surface area contributed by atoms with Gasteiger partial charge in [0, 0.05) is 12.8 Å². The molecule has 4 fully saturated rings. The average molecular weight is 433 g/mol. The molecule has 0 bridgehead atoms. The second kappa shape index (κ2) is 8.47. The van der Waals surface area contributed by atoms with E-state index < -0.39 is 5.97 Å². The topological polar surface area (TPSA) is 74.6 Å². The van der Waals surface area contributed by atoms with Gasteiger partial charge in [-0.1, -0.05) is 40.5 Å². The van der Waals surface area contributed by atoms with E-state index in [1.54, 1.807) is 0 Å². The minimum Gasteiger partial charge on any atom is -0.481 e. The Morgan fingerprint density at radius 2 is 1.77 bits per heavy atom. The maximum absolute atomic E-state index is 12.1. The van der Waals surface area contributed by atoms with Gasteiger partial charge >= 0.3 is 5.97 Å². The van der Waals surface area contributed by atoms with Crippen LogP contribution in [0.5, 0.6) is 0 Å². The summed E-state index contributed by atoms with van der Waals surface area (Å²) in [5, 5.41) is 20.5. The number of hydrogen-bond donors (Lipinski definition) is 2. The van der Waals surface area contributed by atoms with E-state index in [1.807, 2.05) is 6.92 Å². The smallest absolute Gasteiger partial charge is 0.306 e. The Hall–Kier alpha value is -0.900. The Morgan fingerprint density at radius 3 is 2.48 bits per heavy atom. The summed E-state index contributed by atoms with van der Waals surface area (Å²) in [6.45, 7) is 9.15. The SMILES string of the molecule is CC(CCC[C@@H](C)[C@H]1CC[C@H]2[C@@H]3C(O)C[C@@H]4CC(=O)CC[C@]4(C)[C@H]3CC[C@]12C)C(=O)O. The third-order valence-electron chi connectivity index (χ3n) is 11.0. The first kappa shape index (κ1) is 23.3. The maximum atomic E-state index is 12.1. The Bertz CT molecular complexity index is 703. The number of carboxylic acid groups (broad SMARTS) is 1. The van der Waals surface area contributed by atoms with E-state index in [0.29, 0.717) is 53.1 Å². The number of carboxylic acids is 1. The van der Waals surface area contributed by atoms with Crippen LogP contribution < -0.4 is 0 Å². The number of hydrogen-bond acceptors (Lipinski definition) is 3. The molecule has 4 aliphatic carbocycles. The molecule has 0 aromatic rings. The molecule has 0 amide bonds. The zero-order valence-corrected chi connectivity index (χ0v) is 20.1. The van der Waals surface area contributed by atoms with Crippen LogP contribution in [0.2, 0.25) is 0 Å². The minimum atomic E-state index is -0.679. The first-order chi connectivity index (χ1) is 14.6. The van der Waals surface area contributed by atoms with E-state index in [1.165, 1.54) is 25.7 Å². The number of rotatable bonds is 6. The summed E-state index contributed by atoms with van der Waals surface area (Å²) in [7, 11) is 0. The highest BCUT2D eigenvalue weighted by Crippen LogP contribution is 2.68. The quantitative estimate of drug-likeness (QED) is 0.563. The van der Waals surface area contributed by atoms with Gasteiger partial charge in [0.2, 0.25) is 0 Å². The van der Waals surface area contributed by atoms with Crippen LogP contribution in [0, 0.1) is 52.3 Å². The highest BCUT2D eigenvalue weighted by molar-refractivity contribution is 5.79. The molecule has 0 aliphatic heterocycles. The van der Waals surface area contributed by atoms with Crippen molar-refractivity contribution in [2.45, 2.75) is 104 Å². The van der Waals surface area contributed by atoms with Crippen LogP contribution in [-0.4, -0.2) is 28.1 Å². The van der Waals surface area contributed by atoms with Crippen molar-refractivity contribution in [3.05, 3.63) is 0 Å². The number of aliphatic carboxylic acids is 1. The van der Waals surface area contributed by atoms with Crippen LogP contribution in [0.15, 0.2) is 0 Å². The molecule has 10 atom stereocenters. The van der Waals surface area contributed by atoms with E-state index >= 15 is 0 Å². The zero-order chi connectivity index (χ0) is 22.6. The molecular weight excluding hydrogens is 388 g/mol. The van der Waals surface area contributed by atoms with Crippen molar-refractivity contribution in [1.29, 1.82) is 0 Å². The molecule has 4 rings (SSSR count). The highest BCUT2D eigenvalue weighted by atomic mass is 16.4. The fourth-order valence-corrected chi connectivity index (χ4v) is 9.06. The Morgan fingerprint density at radius 1 is 1.06 bits per heavy atom. The molecule has 4 heteroatoms. The molecule has 2 unspecified atom stereocenters. The summed E-state index contributed by atoms with van der Waals surface area (Å²) in [6.07, 6.45) is 10.8. The van der Waals surface area contributed by atoms with Gasteiger partial charge < -0.3 is 10.2 Å². The maximum Gasteiger partial charge on any atom is 0.306 e. The van der Waals surface area contributed by atoms with E-state index in [2.05, 4.69) is 20.8 Å². The molecule has 0 spiro atoms. The van der Waals surface area contributed by atoms with Gasteiger partial charge in [0.05, 0.1) is 12.0 Å². The van der Waals surface area contributed by atoms with Gasteiger partial charge in [-0.15, -0.1) is 0 Å². The summed E-state index contributed by atoms with van der Waals surface area (Å²) in [6, 6.07) is 0. The fourth-order valence-electron chi connectivity index (χ4n) is 9.06. The first-order valence-electron chi connectivity index (χ1n) is 13.0. The lowest BCUT2D eigenvalue weighted by Crippen LogP contribution is -2.58. The molecule has 31 heavy (non-hydrogen) atoms. The standard InChI is InChI=1S/C27H44O4/c1-16(6-5-7-17(2)25(30)31)20-8-9-21-24-22(11-13-27(20,21)4)26(3)12-10-19(28)14-18(26)15-23(24)29/h16-18,20-24,29H,5-15H2,1-4H3,(H,30,31)/t16-,17?,18+,20-,21+,22+,23?,24+,26+,27-/m1/s1. The molecule has 4 saturated carbocycles. The van der Waals surface area contributed by atoms with Crippen molar-refractivity contribution < 1.29 is 19.8 Å². The predicted molar refractivity (Wildman–Crippen MR) is 121 cm³/mol. The highest BCUT2D eigenvalue weighted by Gasteiger charge is 2.62. The van der Waals surface area contributed by atoms with Gasteiger partial charge in [0.15, 0.2) is 0 Å². The Kier molecular flexibility index (Phi) is 6.35. The monoisotopic (exact) mass is 432 g/mol. The third kappa shape index (κ3) is 3.89. The molecule has 0 aromatic heterocycles. The summed E-state index contributed by atoms with van der Waals surface area (Å²) in [5.74, 6) is 2.72. The van der Waals surface area contributed by atoms with Crippen LogP contribution in [0.4, 0.5) is 0 Å². The van der Waals surface area contributed by atoms with Crippen molar-refractivity contribution in [3.63, 3.8) is 0 Å². The molecule has 0 saturated heterocycles. The van der Waals surface area contributed by atoms with Crippen LogP contribution in [0.3, 0.4) is 0 Å². The number of carbonyl (C=O) groups excluding carboxylic acids is 1. The second-order valence-corrected chi connectivity index (χ2v) is 12.4. The van der Waals surface area contributed by atoms with Crippen molar-refractivity contribution in [1.82, 2.24) is 0 Å². The zero-order valence-electron chi connectivity index (χ0n) is 20.1. The number of fused-ring (bicyclic) bond motifs is 5. The molecule has 4 aliphatic rings. The van der Waals surface area contributed by atoms with Crippen molar-refractivity contribution in [2.24, 2.45) is 52.3 Å². The average Bonchev–Trinajstić information content (AvgIpc) is 3.06. The van der Waals surface area contributed by atoms with Crippen LogP contribution in [-0.2, 0) is 9.59 Å². The van der Waals surface area contributed by atoms with Gasteiger partial charge in [-0.2, -0.15) is 0 Å². The minimum absolute atomic E-state index is 0.232. The normalized spacial score (nSPS) is 46.5. The number of carbonyl (C=O) groups is 2. The summed E-state index contributed by atoms with van der Waals surface area (Å²) < 4.78 is 0. The van der Waals surface area contributed by atoms with Gasteiger partial charge in [-0.25, -0.2) is 0 Å². The van der Waals surface area contributed by atoms with Crippen molar-refractivity contribution in [3.8, 4) is 0 Å². The summed E-state index contributed by atoms with van der Waals surface area (Å²) >= 11 is 0. The molecule has 0 radical (unpaired) electrons. The van der Waals surface area contributed by atoms with Gasteiger partial charge in [0.1, 0.15) is 5.78 Å².